The lowest BCUT2D eigenvalue weighted by atomic mass is 10.4. The van der Waals surface area contributed by atoms with E-state index in [4.69, 9.17) is 0 Å². The molecule has 0 heterocycles. The Labute approximate surface area is 176 Å². The molecular weight excluding hydrogens is 416 g/mol. The Hall–Kier alpha value is -3.01. The fourth-order valence-electron chi connectivity index (χ4n) is 3.33. The molecule has 150 valence electrons. The molecule has 0 aliphatic heterocycles. The van der Waals surface area contributed by atoms with Gasteiger partial charge in [0.25, 0.3) is 10.0 Å². The lowest BCUT2D eigenvalue weighted by molar-refractivity contribution is 0.597. The molecule has 0 saturated heterocycles. The minimum atomic E-state index is -4.07. The van der Waals surface area contributed by atoms with Gasteiger partial charge in [0.1, 0.15) is 5.82 Å². The van der Waals surface area contributed by atoms with Gasteiger partial charge in [0, 0.05) is 15.9 Å². The van der Waals surface area contributed by atoms with Gasteiger partial charge in [-0.05, 0) is 24.3 Å². The molecule has 3 nitrogen and oxygen atoms in total. The first-order valence-corrected chi connectivity index (χ1v) is 12.5. The molecule has 6 heteroatoms. The van der Waals surface area contributed by atoms with Gasteiger partial charge in [-0.15, -0.1) is 0 Å². The minimum absolute atomic E-state index is 0.0314. The number of hydrogen-bond donors (Lipinski definition) is 0. The quantitative estimate of drug-likeness (QED) is 0.427. The maximum atomic E-state index is 13.4. The summed E-state index contributed by atoms with van der Waals surface area (Å²) in [5, 5.41) is 2.48. The largest absolute Gasteiger partial charge is 0.281 e. The van der Waals surface area contributed by atoms with E-state index in [0.717, 1.165) is 28.0 Å². The fraction of sp³-hybridized carbons (Fsp3) is 0. The van der Waals surface area contributed by atoms with Crippen LogP contribution in [0.3, 0.4) is 0 Å². The van der Waals surface area contributed by atoms with Crippen LogP contribution >= 0.6 is 7.05 Å². The average molecular weight is 435 g/mol. The molecule has 0 saturated carbocycles. The van der Waals surface area contributed by atoms with Crippen molar-refractivity contribution in [3.8, 4) is 0 Å². The number of nitrogens with zero attached hydrogens (tertiary/aromatic N) is 1. The van der Waals surface area contributed by atoms with Gasteiger partial charge in [0.2, 0.25) is 0 Å². The van der Waals surface area contributed by atoms with Crippen LogP contribution in [-0.2, 0) is 10.0 Å². The SMILES string of the molecule is O=S(=O)(N=P(c1ccccc1)(c1ccccc1)c1ccccc1)c1ccc(F)cc1. The summed E-state index contributed by atoms with van der Waals surface area (Å²) in [6.07, 6.45) is 0. The van der Waals surface area contributed by atoms with Crippen LogP contribution in [-0.4, -0.2) is 8.42 Å². The first-order valence-electron chi connectivity index (χ1n) is 9.33. The smallest absolute Gasteiger partial charge is 0.207 e. The van der Waals surface area contributed by atoms with Gasteiger partial charge in [0.15, 0.2) is 0 Å². The average Bonchev–Trinajstić information content (AvgIpc) is 2.79. The summed E-state index contributed by atoms with van der Waals surface area (Å²) < 4.78 is 44.8. The fourth-order valence-corrected chi connectivity index (χ4v) is 9.32. The summed E-state index contributed by atoms with van der Waals surface area (Å²) in [6.45, 7) is 0. The maximum absolute atomic E-state index is 13.4. The summed E-state index contributed by atoms with van der Waals surface area (Å²) in [5.41, 5.74) is 0. The van der Waals surface area contributed by atoms with Crippen molar-refractivity contribution >= 4 is 33.0 Å². The molecule has 0 bridgehead atoms. The molecule has 4 aromatic rings. The van der Waals surface area contributed by atoms with Gasteiger partial charge in [-0.25, -0.2) is 4.39 Å². The highest BCUT2D eigenvalue weighted by Crippen LogP contribution is 2.48. The molecule has 0 spiro atoms. The van der Waals surface area contributed by atoms with Gasteiger partial charge in [-0.2, -0.15) is 12.6 Å². The highest BCUT2D eigenvalue weighted by atomic mass is 32.2. The Kier molecular flexibility index (Phi) is 5.67. The van der Waals surface area contributed by atoms with Crippen molar-refractivity contribution in [3.05, 3.63) is 121 Å². The van der Waals surface area contributed by atoms with Crippen molar-refractivity contribution < 1.29 is 12.8 Å². The Morgan fingerprint density at radius 3 is 1.30 bits per heavy atom. The van der Waals surface area contributed by atoms with Crippen molar-refractivity contribution in [1.82, 2.24) is 0 Å². The minimum Gasteiger partial charge on any atom is -0.207 e. The van der Waals surface area contributed by atoms with E-state index in [0.29, 0.717) is 0 Å². The molecule has 30 heavy (non-hydrogen) atoms. The van der Waals surface area contributed by atoms with E-state index in [1.54, 1.807) is 0 Å². The zero-order valence-corrected chi connectivity index (χ0v) is 17.7. The van der Waals surface area contributed by atoms with E-state index >= 15 is 0 Å². The molecule has 0 unspecified atom stereocenters. The van der Waals surface area contributed by atoms with Gasteiger partial charge in [0.05, 0.1) is 11.9 Å². The molecule has 0 amide bonds. The first-order chi connectivity index (χ1) is 14.5. The molecule has 0 N–H and O–H groups in total. The molecule has 4 aromatic carbocycles. The first kappa shape index (κ1) is 20.3. The zero-order valence-electron chi connectivity index (χ0n) is 16.0. The number of halogens is 1. The van der Waals surface area contributed by atoms with E-state index in [-0.39, 0.29) is 4.90 Å². The second kappa shape index (κ2) is 8.39. The van der Waals surface area contributed by atoms with Crippen LogP contribution in [0.5, 0.6) is 0 Å². The second-order valence-electron chi connectivity index (χ2n) is 6.65. The Morgan fingerprint density at radius 1 is 0.567 bits per heavy atom. The van der Waals surface area contributed by atoms with Crippen LogP contribution in [0.2, 0.25) is 0 Å². The molecule has 0 fully saturated rings. The Bertz CT molecular complexity index is 1190. The Morgan fingerprint density at radius 2 is 0.933 bits per heavy atom. The van der Waals surface area contributed by atoms with E-state index in [9.17, 15) is 12.8 Å². The van der Waals surface area contributed by atoms with E-state index in [2.05, 4.69) is 4.15 Å². The highest BCUT2D eigenvalue weighted by molar-refractivity contribution is 7.99. The number of sulfonamides is 1. The van der Waals surface area contributed by atoms with Crippen LogP contribution in [0.1, 0.15) is 0 Å². The summed E-state index contributed by atoms with van der Waals surface area (Å²) in [5.74, 6) is -0.496. The predicted octanol–water partition coefficient (Wildman–Crippen LogP) is 4.69. The summed E-state index contributed by atoms with van der Waals surface area (Å²) in [6, 6.07) is 33.2. The van der Waals surface area contributed by atoms with Crippen molar-refractivity contribution in [3.63, 3.8) is 0 Å². The summed E-state index contributed by atoms with van der Waals surface area (Å²) in [4.78, 5) is -0.0314. The van der Waals surface area contributed by atoms with Gasteiger partial charge in [-0.3, -0.25) is 0 Å². The van der Waals surface area contributed by atoms with Crippen LogP contribution in [0.4, 0.5) is 4.39 Å². The van der Waals surface area contributed by atoms with Gasteiger partial charge < -0.3 is 0 Å². The van der Waals surface area contributed by atoms with Crippen LogP contribution < -0.4 is 15.9 Å². The highest BCUT2D eigenvalue weighted by Gasteiger charge is 2.31. The molecule has 0 aromatic heterocycles. The third-order valence-electron chi connectivity index (χ3n) is 4.73. The van der Waals surface area contributed by atoms with Crippen molar-refractivity contribution in [2.45, 2.75) is 4.90 Å². The van der Waals surface area contributed by atoms with Gasteiger partial charge in [-0.1, -0.05) is 91.0 Å². The third-order valence-corrected chi connectivity index (χ3v) is 10.6. The number of hydrogen-bond acceptors (Lipinski definition) is 2. The van der Waals surface area contributed by atoms with Crippen LogP contribution in [0.25, 0.3) is 0 Å². The molecule has 0 atom stereocenters. The number of rotatable bonds is 5. The maximum Gasteiger partial charge on any atom is 0.281 e. The number of benzene rings is 4. The third kappa shape index (κ3) is 3.87. The van der Waals surface area contributed by atoms with Crippen molar-refractivity contribution in [2.24, 2.45) is 4.15 Å². The molecule has 0 aliphatic rings. The molecule has 4 rings (SSSR count). The lowest BCUT2D eigenvalue weighted by Gasteiger charge is -2.26. The normalized spacial score (nSPS) is 11.8. The van der Waals surface area contributed by atoms with Gasteiger partial charge >= 0.3 is 0 Å². The topological polar surface area (TPSA) is 46.5 Å². The van der Waals surface area contributed by atoms with Crippen LogP contribution in [0, 0.1) is 5.82 Å². The van der Waals surface area contributed by atoms with Crippen molar-refractivity contribution in [1.29, 1.82) is 0 Å². The lowest BCUT2D eigenvalue weighted by Crippen LogP contribution is -2.26. The molecule has 0 aliphatic carbocycles. The van der Waals surface area contributed by atoms with E-state index in [1.165, 1.54) is 12.1 Å². The second-order valence-corrected chi connectivity index (χ2v) is 11.5. The summed E-state index contributed by atoms with van der Waals surface area (Å²) >= 11 is 0. The standard InChI is InChI=1S/C24H19FNO2PS/c25-20-16-18-24(19-17-20)30(27,28)26-29(21-10-4-1-5-11-21,22-12-6-2-7-13-22)23-14-8-3-9-15-23/h1-19H. The van der Waals surface area contributed by atoms with Crippen LogP contribution in [0.15, 0.2) is 124 Å². The summed E-state index contributed by atoms with van der Waals surface area (Å²) in [7, 11) is -6.98. The predicted molar refractivity (Wildman–Crippen MR) is 121 cm³/mol. The van der Waals surface area contributed by atoms with Crippen molar-refractivity contribution in [2.75, 3.05) is 0 Å². The zero-order chi connectivity index (χ0) is 21.0. The van der Waals surface area contributed by atoms with E-state index in [1.807, 2.05) is 91.0 Å². The van der Waals surface area contributed by atoms with E-state index < -0.39 is 22.9 Å². The molecule has 0 radical (unpaired) electrons. The molecular formula is C24H19FNO2PS. The monoisotopic (exact) mass is 435 g/mol. The Balaban J connectivity index is 2.13.